The standard InChI is InChI=1S/C17H24N2O2/c1-13(19-11-5-3-4-6-12-19)17(21)18-16-9-7-15(8-10-16)14(2)20/h7-10,13H,3-6,11-12H2,1-2H3,(H,18,21)/t13-/m0/s1. The van der Waals surface area contributed by atoms with Crippen molar-refractivity contribution in [1.29, 1.82) is 0 Å². The Morgan fingerprint density at radius 1 is 1.05 bits per heavy atom. The van der Waals surface area contributed by atoms with Crippen molar-refractivity contribution in [3.05, 3.63) is 29.8 Å². The van der Waals surface area contributed by atoms with Gasteiger partial charge in [0.05, 0.1) is 6.04 Å². The Labute approximate surface area is 126 Å². The maximum atomic E-state index is 12.3. The van der Waals surface area contributed by atoms with E-state index in [1.54, 1.807) is 24.3 Å². The van der Waals surface area contributed by atoms with Gasteiger partial charge in [-0.05, 0) is 64.0 Å². The van der Waals surface area contributed by atoms with Gasteiger partial charge in [-0.3, -0.25) is 14.5 Å². The Bertz CT molecular complexity index is 488. The summed E-state index contributed by atoms with van der Waals surface area (Å²) in [5.74, 6) is 0.0540. The molecule has 0 aliphatic carbocycles. The van der Waals surface area contributed by atoms with Gasteiger partial charge in [0.25, 0.3) is 0 Å². The van der Waals surface area contributed by atoms with Crippen LogP contribution in [0.1, 0.15) is 49.9 Å². The first kappa shape index (κ1) is 15.7. The van der Waals surface area contributed by atoms with Gasteiger partial charge in [-0.1, -0.05) is 12.8 Å². The highest BCUT2D eigenvalue weighted by atomic mass is 16.2. The number of anilines is 1. The molecule has 1 fully saturated rings. The van der Waals surface area contributed by atoms with Crippen LogP contribution in [0.4, 0.5) is 5.69 Å². The number of benzene rings is 1. The van der Waals surface area contributed by atoms with E-state index in [4.69, 9.17) is 0 Å². The number of hydrogen-bond donors (Lipinski definition) is 1. The van der Waals surface area contributed by atoms with Crippen LogP contribution in [0.5, 0.6) is 0 Å². The second kappa shape index (κ2) is 7.36. The monoisotopic (exact) mass is 288 g/mol. The Morgan fingerprint density at radius 3 is 2.14 bits per heavy atom. The summed E-state index contributed by atoms with van der Waals surface area (Å²) in [6, 6.07) is 6.94. The normalized spacial score (nSPS) is 17.8. The topological polar surface area (TPSA) is 49.4 Å². The van der Waals surface area contributed by atoms with E-state index in [1.165, 1.54) is 32.6 Å². The average Bonchev–Trinajstić information content (AvgIpc) is 2.76. The largest absolute Gasteiger partial charge is 0.325 e. The van der Waals surface area contributed by atoms with Gasteiger partial charge in [0.1, 0.15) is 0 Å². The molecule has 0 spiro atoms. The minimum atomic E-state index is -0.115. The number of carbonyl (C=O) groups excluding carboxylic acids is 2. The number of likely N-dealkylation sites (tertiary alicyclic amines) is 1. The molecule has 1 heterocycles. The van der Waals surface area contributed by atoms with Crippen LogP contribution >= 0.6 is 0 Å². The Balaban J connectivity index is 1.94. The summed E-state index contributed by atoms with van der Waals surface area (Å²) < 4.78 is 0. The maximum Gasteiger partial charge on any atom is 0.241 e. The van der Waals surface area contributed by atoms with Crippen LogP contribution in [0.15, 0.2) is 24.3 Å². The summed E-state index contributed by atoms with van der Waals surface area (Å²) in [5, 5.41) is 2.93. The van der Waals surface area contributed by atoms with Crippen molar-refractivity contribution in [2.45, 2.75) is 45.6 Å². The van der Waals surface area contributed by atoms with Crippen LogP contribution in [0.2, 0.25) is 0 Å². The number of amides is 1. The van der Waals surface area contributed by atoms with Crippen molar-refractivity contribution >= 4 is 17.4 Å². The summed E-state index contributed by atoms with van der Waals surface area (Å²) in [6.45, 7) is 5.50. The molecule has 0 radical (unpaired) electrons. The minimum absolute atomic E-state index is 0.0208. The van der Waals surface area contributed by atoms with E-state index in [0.717, 1.165) is 18.8 Å². The summed E-state index contributed by atoms with van der Waals surface area (Å²) in [5.41, 5.74) is 1.40. The molecule has 0 aromatic heterocycles. The fourth-order valence-electron chi connectivity index (χ4n) is 2.68. The molecule has 1 aromatic carbocycles. The second-order valence-electron chi connectivity index (χ2n) is 5.75. The predicted octanol–water partition coefficient (Wildman–Crippen LogP) is 3.09. The third-order valence-electron chi connectivity index (χ3n) is 4.13. The molecule has 1 N–H and O–H groups in total. The molecule has 0 bridgehead atoms. The van der Waals surface area contributed by atoms with E-state index < -0.39 is 0 Å². The fraction of sp³-hybridized carbons (Fsp3) is 0.529. The van der Waals surface area contributed by atoms with Crippen LogP contribution in [0.25, 0.3) is 0 Å². The van der Waals surface area contributed by atoms with Gasteiger partial charge < -0.3 is 5.32 Å². The number of nitrogens with zero attached hydrogens (tertiary/aromatic N) is 1. The van der Waals surface area contributed by atoms with E-state index in [1.807, 2.05) is 6.92 Å². The number of ketones is 1. The van der Waals surface area contributed by atoms with Crippen LogP contribution in [0.3, 0.4) is 0 Å². The molecule has 0 saturated carbocycles. The number of nitrogens with one attached hydrogen (secondary N) is 1. The van der Waals surface area contributed by atoms with Crippen molar-refractivity contribution in [3.63, 3.8) is 0 Å². The summed E-state index contributed by atoms with van der Waals surface area (Å²) in [6.07, 6.45) is 4.87. The van der Waals surface area contributed by atoms with Gasteiger partial charge in [0.15, 0.2) is 5.78 Å². The lowest BCUT2D eigenvalue weighted by Crippen LogP contribution is -2.42. The van der Waals surface area contributed by atoms with Gasteiger partial charge in [0.2, 0.25) is 5.91 Å². The predicted molar refractivity (Wildman–Crippen MR) is 84.6 cm³/mol. The van der Waals surface area contributed by atoms with Gasteiger partial charge in [0, 0.05) is 11.3 Å². The lowest BCUT2D eigenvalue weighted by Gasteiger charge is -2.26. The second-order valence-corrected chi connectivity index (χ2v) is 5.75. The van der Waals surface area contributed by atoms with Gasteiger partial charge in [-0.15, -0.1) is 0 Å². The molecule has 114 valence electrons. The van der Waals surface area contributed by atoms with Crippen LogP contribution in [0, 0.1) is 0 Å². The smallest absolute Gasteiger partial charge is 0.241 e. The van der Waals surface area contributed by atoms with Gasteiger partial charge in [-0.2, -0.15) is 0 Å². The van der Waals surface area contributed by atoms with Crippen molar-refractivity contribution in [3.8, 4) is 0 Å². The highest BCUT2D eigenvalue weighted by molar-refractivity contribution is 5.96. The average molecular weight is 288 g/mol. The molecule has 1 atom stereocenters. The zero-order chi connectivity index (χ0) is 15.2. The van der Waals surface area contributed by atoms with Gasteiger partial charge >= 0.3 is 0 Å². The third kappa shape index (κ3) is 4.39. The van der Waals surface area contributed by atoms with Crippen LogP contribution < -0.4 is 5.32 Å². The Kier molecular flexibility index (Phi) is 5.51. The van der Waals surface area contributed by atoms with Gasteiger partial charge in [-0.25, -0.2) is 0 Å². The first-order valence-corrected chi connectivity index (χ1v) is 7.74. The number of rotatable bonds is 4. The molecule has 4 nitrogen and oxygen atoms in total. The first-order chi connectivity index (χ1) is 10.1. The summed E-state index contributed by atoms with van der Waals surface area (Å²) in [4.78, 5) is 25.8. The summed E-state index contributed by atoms with van der Waals surface area (Å²) in [7, 11) is 0. The van der Waals surface area contributed by atoms with Crippen LogP contribution in [-0.4, -0.2) is 35.7 Å². The lowest BCUT2D eigenvalue weighted by atomic mass is 10.1. The molecule has 2 rings (SSSR count). The summed E-state index contributed by atoms with van der Waals surface area (Å²) >= 11 is 0. The van der Waals surface area contributed by atoms with Crippen molar-refractivity contribution in [2.24, 2.45) is 0 Å². The molecule has 1 aliphatic rings. The highest BCUT2D eigenvalue weighted by Gasteiger charge is 2.22. The molecule has 1 aliphatic heterocycles. The van der Waals surface area contributed by atoms with E-state index >= 15 is 0 Å². The molecule has 1 saturated heterocycles. The van der Waals surface area contributed by atoms with E-state index in [9.17, 15) is 9.59 Å². The van der Waals surface area contributed by atoms with Crippen molar-refractivity contribution in [1.82, 2.24) is 4.90 Å². The number of hydrogen-bond acceptors (Lipinski definition) is 3. The third-order valence-corrected chi connectivity index (χ3v) is 4.13. The molecule has 4 heteroatoms. The minimum Gasteiger partial charge on any atom is -0.325 e. The molecular weight excluding hydrogens is 264 g/mol. The fourth-order valence-corrected chi connectivity index (χ4v) is 2.68. The molecular formula is C17H24N2O2. The molecule has 21 heavy (non-hydrogen) atoms. The zero-order valence-corrected chi connectivity index (χ0v) is 12.9. The number of Topliss-reactive ketones (excluding diaryl/α,β-unsaturated/α-hetero) is 1. The molecule has 0 unspecified atom stereocenters. The Morgan fingerprint density at radius 2 is 1.62 bits per heavy atom. The SMILES string of the molecule is CC(=O)c1ccc(NC(=O)[C@H](C)N2CCCCCC2)cc1. The van der Waals surface area contributed by atoms with Crippen molar-refractivity contribution in [2.75, 3.05) is 18.4 Å². The van der Waals surface area contributed by atoms with E-state index in [-0.39, 0.29) is 17.7 Å². The first-order valence-electron chi connectivity index (χ1n) is 7.74. The number of carbonyl (C=O) groups is 2. The quantitative estimate of drug-likeness (QED) is 0.866. The van der Waals surface area contributed by atoms with Crippen molar-refractivity contribution < 1.29 is 9.59 Å². The van der Waals surface area contributed by atoms with E-state index in [2.05, 4.69) is 10.2 Å². The molecule has 1 aromatic rings. The van der Waals surface area contributed by atoms with Crippen LogP contribution in [-0.2, 0) is 4.79 Å². The highest BCUT2D eigenvalue weighted by Crippen LogP contribution is 2.15. The van der Waals surface area contributed by atoms with E-state index in [0.29, 0.717) is 5.56 Å². The molecule has 1 amide bonds. The zero-order valence-electron chi connectivity index (χ0n) is 12.9. The lowest BCUT2D eigenvalue weighted by molar-refractivity contribution is -0.120. The maximum absolute atomic E-state index is 12.3. The Hall–Kier alpha value is -1.68.